The van der Waals surface area contributed by atoms with Crippen molar-refractivity contribution in [2.75, 3.05) is 6.54 Å². The van der Waals surface area contributed by atoms with Crippen LogP contribution in [0.1, 0.15) is 20.3 Å². The molecule has 1 saturated heterocycles. The molecule has 1 rings (SSSR count). The lowest BCUT2D eigenvalue weighted by Gasteiger charge is -2.26. The van der Waals surface area contributed by atoms with Gasteiger partial charge in [0.25, 0.3) is 5.92 Å². The van der Waals surface area contributed by atoms with Crippen LogP contribution in [0.2, 0.25) is 0 Å². The van der Waals surface area contributed by atoms with Crippen LogP contribution in [0.25, 0.3) is 0 Å². The molecule has 8 heteroatoms. The first kappa shape index (κ1) is 15.1. The average Bonchev–Trinajstić information content (AvgIpc) is 2.61. The number of carbonyl (C=O) groups excluding carboxylic acids is 1. The van der Waals surface area contributed by atoms with E-state index in [1.54, 1.807) is 6.07 Å². The topological polar surface area (TPSA) is 93.4 Å². The first-order valence-corrected chi connectivity index (χ1v) is 5.75. The number of amides is 2. The van der Waals surface area contributed by atoms with E-state index in [-0.39, 0.29) is 0 Å². The van der Waals surface area contributed by atoms with Gasteiger partial charge in [0.15, 0.2) is 0 Å². The Balaban J connectivity index is 2.77. The minimum atomic E-state index is -3.07. The zero-order valence-electron chi connectivity index (χ0n) is 10.6. The molecular formula is C11H15F2N3O3. The Morgan fingerprint density at radius 1 is 1.53 bits per heavy atom. The van der Waals surface area contributed by atoms with Crippen molar-refractivity contribution in [1.82, 2.24) is 10.2 Å². The molecule has 3 atom stereocenters. The summed E-state index contributed by atoms with van der Waals surface area (Å²) in [4.78, 5) is 23.3. The summed E-state index contributed by atoms with van der Waals surface area (Å²) in [7, 11) is 0. The fourth-order valence-corrected chi connectivity index (χ4v) is 1.96. The lowest BCUT2D eigenvalue weighted by molar-refractivity contribution is -0.137. The van der Waals surface area contributed by atoms with Crippen LogP contribution in [0, 0.1) is 17.2 Å². The molecular weight excluding hydrogens is 260 g/mol. The third kappa shape index (κ3) is 3.53. The summed E-state index contributed by atoms with van der Waals surface area (Å²) in [6.45, 7) is 2.11. The van der Waals surface area contributed by atoms with Gasteiger partial charge in [0, 0.05) is 12.5 Å². The number of nitrogens with zero attached hydrogens (tertiary/aromatic N) is 2. The quantitative estimate of drug-likeness (QED) is 0.804. The van der Waals surface area contributed by atoms with Gasteiger partial charge in [-0.15, -0.1) is 0 Å². The van der Waals surface area contributed by atoms with Crippen LogP contribution in [0.15, 0.2) is 0 Å². The van der Waals surface area contributed by atoms with Gasteiger partial charge in [-0.25, -0.2) is 13.6 Å². The van der Waals surface area contributed by atoms with Crippen LogP contribution in [-0.4, -0.2) is 46.6 Å². The predicted octanol–water partition coefficient (Wildman–Crippen LogP) is 1.04. The average molecular weight is 275 g/mol. The highest BCUT2D eigenvalue weighted by atomic mass is 19.3. The molecule has 1 fully saturated rings. The number of nitrogens with one attached hydrogen (secondary N) is 1. The molecule has 0 aromatic rings. The van der Waals surface area contributed by atoms with Crippen molar-refractivity contribution < 1.29 is 23.5 Å². The second kappa shape index (κ2) is 5.38. The number of carboxylic acid groups (broad SMARTS) is 1. The van der Waals surface area contributed by atoms with E-state index >= 15 is 0 Å². The smallest absolute Gasteiger partial charge is 0.404 e. The summed E-state index contributed by atoms with van der Waals surface area (Å²) >= 11 is 0. The fourth-order valence-electron chi connectivity index (χ4n) is 1.96. The third-order valence-corrected chi connectivity index (χ3v) is 3.19. The number of likely N-dealkylation sites (tertiary alicyclic amines) is 1. The minimum Gasteiger partial charge on any atom is -0.465 e. The van der Waals surface area contributed by atoms with E-state index in [1.807, 2.05) is 0 Å². The monoisotopic (exact) mass is 275 g/mol. The fraction of sp³-hybridized carbons (Fsp3) is 0.727. The van der Waals surface area contributed by atoms with E-state index in [2.05, 4.69) is 5.32 Å². The van der Waals surface area contributed by atoms with E-state index in [0.29, 0.717) is 0 Å². The molecule has 1 aliphatic rings. The standard InChI is InChI=1S/C11H15F2N3O3/c1-6(7(2)15-10(18)19)9(17)16-5-11(12,13)3-8(16)4-14/h6-8,15H,3,5H2,1-2H3,(H,18,19)/t6-,7?,8+/m1/s1. The lowest BCUT2D eigenvalue weighted by Crippen LogP contribution is -2.47. The molecule has 0 bridgehead atoms. The zero-order valence-corrected chi connectivity index (χ0v) is 10.6. The Bertz CT molecular complexity index is 422. The summed E-state index contributed by atoms with van der Waals surface area (Å²) in [5.41, 5.74) is 0. The van der Waals surface area contributed by atoms with Gasteiger partial charge in [0.1, 0.15) is 6.04 Å². The van der Waals surface area contributed by atoms with Crippen molar-refractivity contribution in [3.05, 3.63) is 0 Å². The Morgan fingerprint density at radius 2 is 2.11 bits per heavy atom. The van der Waals surface area contributed by atoms with Gasteiger partial charge in [0.05, 0.1) is 18.5 Å². The molecule has 106 valence electrons. The lowest BCUT2D eigenvalue weighted by atomic mass is 10.0. The SMILES string of the molecule is CC(NC(=O)O)[C@@H](C)C(=O)N1CC(F)(F)C[C@H]1C#N. The molecule has 2 N–H and O–H groups in total. The maximum atomic E-state index is 13.2. The van der Waals surface area contributed by atoms with Gasteiger partial charge in [-0.2, -0.15) is 5.26 Å². The van der Waals surface area contributed by atoms with Crippen molar-refractivity contribution in [3.63, 3.8) is 0 Å². The normalized spacial score (nSPS) is 24.4. The van der Waals surface area contributed by atoms with Gasteiger partial charge in [-0.1, -0.05) is 6.92 Å². The summed E-state index contributed by atoms with van der Waals surface area (Å²) in [5, 5.41) is 19.4. The predicted molar refractivity (Wildman–Crippen MR) is 60.5 cm³/mol. The van der Waals surface area contributed by atoms with E-state index in [4.69, 9.17) is 10.4 Å². The largest absolute Gasteiger partial charge is 0.465 e. The highest BCUT2D eigenvalue weighted by molar-refractivity contribution is 5.81. The second-order valence-corrected chi connectivity index (χ2v) is 4.70. The van der Waals surface area contributed by atoms with Crippen molar-refractivity contribution in [2.45, 2.75) is 38.3 Å². The molecule has 0 aromatic carbocycles. The van der Waals surface area contributed by atoms with Gasteiger partial charge < -0.3 is 15.3 Å². The zero-order chi connectivity index (χ0) is 14.8. The van der Waals surface area contributed by atoms with Crippen molar-refractivity contribution in [2.24, 2.45) is 5.92 Å². The van der Waals surface area contributed by atoms with Crippen LogP contribution in [0.3, 0.4) is 0 Å². The Labute approximate surface area is 109 Å². The molecule has 6 nitrogen and oxygen atoms in total. The molecule has 2 amide bonds. The number of rotatable bonds is 3. The molecule has 0 radical (unpaired) electrons. The van der Waals surface area contributed by atoms with E-state index in [1.165, 1.54) is 13.8 Å². The minimum absolute atomic E-state index is 0.648. The van der Waals surface area contributed by atoms with Gasteiger partial charge >= 0.3 is 6.09 Å². The van der Waals surface area contributed by atoms with Gasteiger partial charge in [0.2, 0.25) is 5.91 Å². The molecule has 0 spiro atoms. The molecule has 0 aromatic heterocycles. The molecule has 1 aliphatic heterocycles. The van der Waals surface area contributed by atoms with Crippen LogP contribution >= 0.6 is 0 Å². The maximum Gasteiger partial charge on any atom is 0.404 e. The Morgan fingerprint density at radius 3 is 2.58 bits per heavy atom. The molecule has 0 saturated carbocycles. The number of halogens is 2. The summed E-state index contributed by atoms with van der Waals surface area (Å²) in [5.74, 6) is -4.54. The number of nitriles is 1. The van der Waals surface area contributed by atoms with E-state index in [9.17, 15) is 18.4 Å². The highest BCUT2D eigenvalue weighted by Gasteiger charge is 2.48. The number of hydrogen-bond acceptors (Lipinski definition) is 3. The van der Waals surface area contributed by atoms with Crippen LogP contribution in [0.4, 0.5) is 13.6 Å². The molecule has 1 unspecified atom stereocenters. The number of hydrogen-bond donors (Lipinski definition) is 2. The Kier molecular flexibility index (Phi) is 4.29. The van der Waals surface area contributed by atoms with Crippen LogP contribution in [0.5, 0.6) is 0 Å². The van der Waals surface area contributed by atoms with Crippen molar-refractivity contribution in [1.29, 1.82) is 5.26 Å². The first-order chi connectivity index (χ1) is 8.68. The first-order valence-electron chi connectivity index (χ1n) is 5.75. The summed E-state index contributed by atoms with van der Waals surface area (Å²) < 4.78 is 26.4. The number of alkyl halides is 2. The van der Waals surface area contributed by atoms with E-state index in [0.717, 1.165) is 4.90 Å². The molecule has 19 heavy (non-hydrogen) atoms. The van der Waals surface area contributed by atoms with E-state index < -0.39 is 48.9 Å². The summed E-state index contributed by atoms with van der Waals surface area (Å²) in [6, 6.07) is -0.215. The van der Waals surface area contributed by atoms with Crippen LogP contribution in [-0.2, 0) is 4.79 Å². The summed E-state index contributed by atoms with van der Waals surface area (Å²) in [6.07, 6.45) is -1.97. The Hall–Kier alpha value is -1.91. The third-order valence-electron chi connectivity index (χ3n) is 3.19. The maximum absolute atomic E-state index is 13.2. The molecule has 1 heterocycles. The van der Waals surface area contributed by atoms with Crippen molar-refractivity contribution in [3.8, 4) is 6.07 Å². The molecule has 0 aliphatic carbocycles. The highest BCUT2D eigenvalue weighted by Crippen LogP contribution is 2.32. The van der Waals surface area contributed by atoms with Crippen molar-refractivity contribution >= 4 is 12.0 Å². The number of carbonyl (C=O) groups is 2. The van der Waals surface area contributed by atoms with Gasteiger partial charge in [-0.3, -0.25) is 4.79 Å². The van der Waals surface area contributed by atoms with Gasteiger partial charge in [-0.05, 0) is 6.92 Å². The van der Waals surface area contributed by atoms with Crippen LogP contribution < -0.4 is 5.32 Å². The second-order valence-electron chi connectivity index (χ2n) is 4.70.